The van der Waals surface area contributed by atoms with Crippen LogP contribution in [0.4, 0.5) is 0 Å². The van der Waals surface area contributed by atoms with Crippen LogP contribution in [0.25, 0.3) is 6.08 Å². The number of esters is 1. The highest BCUT2D eigenvalue weighted by Gasteiger charge is 2.03. The van der Waals surface area contributed by atoms with Crippen LogP contribution in [0.15, 0.2) is 54.6 Å². The second kappa shape index (κ2) is 7.50. The van der Waals surface area contributed by atoms with Gasteiger partial charge in [-0.3, -0.25) is 0 Å². The fraction of sp³-hybridized carbons (Fsp3) is 0.118. The molecule has 0 atom stereocenters. The standard InChI is InChI=1S/C17H15ClO3/c1-2-20-16-9-4-3-6-13(16)10-11-17(19)21-15-8-5-7-14(18)12-15/h3-12H,2H2,1H3/b11-10+. The summed E-state index contributed by atoms with van der Waals surface area (Å²) in [5.41, 5.74) is 0.822. The molecule has 0 saturated heterocycles. The van der Waals surface area contributed by atoms with Gasteiger partial charge in [0.15, 0.2) is 0 Å². The van der Waals surface area contributed by atoms with Gasteiger partial charge in [-0.25, -0.2) is 4.79 Å². The Bertz CT molecular complexity index is 650. The van der Waals surface area contributed by atoms with Crippen LogP contribution >= 0.6 is 11.6 Å². The molecule has 2 aromatic carbocycles. The molecule has 0 unspecified atom stereocenters. The lowest BCUT2D eigenvalue weighted by Crippen LogP contribution is -2.03. The van der Waals surface area contributed by atoms with Crippen molar-refractivity contribution in [3.8, 4) is 11.5 Å². The van der Waals surface area contributed by atoms with Gasteiger partial charge in [0.05, 0.1) is 6.61 Å². The molecule has 0 saturated carbocycles. The van der Waals surface area contributed by atoms with Crippen LogP contribution < -0.4 is 9.47 Å². The molecule has 2 aromatic rings. The molecule has 0 spiro atoms. The highest BCUT2D eigenvalue weighted by atomic mass is 35.5. The summed E-state index contributed by atoms with van der Waals surface area (Å²) in [4.78, 5) is 11.8. The molecule has 0 aliphatic carbocycles. The zero-order valence-corrected chi connectivity index (χ0v) is 12.3. The Balaban J connectivity index is 2.05. The predicted octanol–water partition coefficient (Wildman–Crippen LogP) is 4.36. The first-order valence-corrected chi connectivity index (χ1v) is 6.94. The number of benzene rings is 2. The average Bonchev–Trinajstić information content (AvgIpc) is 2.47. The maximum Gasteiger partial charge on any atom is 0.336 e. The van der Waals surface area contributed by atoms with Crippen LogP contribution in [0.1, 0.15) is 12.5 Å². The maximum absolute atomic E-state index is 11.8. The zero-order chi connectivity index (χ0) is 15.1. The predicted molar refractivity (Wildman–Crippen MR) is 83.7 cm³/mol. The van der Waals surface area contributed by atoms with Gasteiger partial charge < -0.3 is 9.47 Å². The monoisotopic (exact) mass is 302 g/mol. The van der Waals surface area contributed by atoms with Gasteiger partial charge in [0.1, 0.15) is 11.5 Å². The van der Waals surface area contributed by atoms with E-state index in [2.05, 4.69) is 0 Å². The normalized spacial score (nSPS) is 10.6. The molecule has 0 fully saturated rings. The molecule has 0 amide bonds. The summed E-state index contributed by atoms with van der Waals surface area (Å²) in [6.45, 7) is 2.48. The Morgan fingerprint density at radius 3 is 2.76 bits per heavy atom. The number of para-hydroxylation sites is 1. The van der Waals surface area contributed by atoms with Gasteiger partial charge in [-0.15, -0.1) is 0 Å². The van der Waals surface area contributed by atoms with Crippen molar-refractivity contribution in [1.29, 1.82) is 0 Å². The lowest BCUT2D eigenvalue weighted by atomic mass is 10.2. The highest BCUT2D eigenvalue weighted by Crippen LogP contribution is 2.20. The molecule has 0 aliphatic rings. The molecule has 3 nitrogen and oxygen atoms in total. The van der Waals surface area contributed by atoms with Gasteiger partial charge in [0.25, 0.3) is 0 Å². The van der Waals surface area contributed by atoms with Crippen molar-refractivity contribution in [2.24, 2.45) is 0 Å². The number of hydrogen-bond donors (Lipinski definition) is 0. The van der Waals surface area contributed by atoms with E-state index in [1.807, 2.05) is 31.2 Å². The maximum atomic E-state index is 11.8. The molecule has 0 aliphatic heterocycles. The SMILES string of the molecule is CCOc1ccccc1/C=C/C(=O)Oc1cccc(Cl)c1. The molecule has 108 valence electrons. The Labute approximate surface area is 128 Å². The van der Waals surface area contributed by atoms with Crippen LogP contribution in [0.3, 0.4) is 0 Å². The van der Waals surface area contributed by atoms with E-state index in [4.69, 9.17) is 21.1 Å². The van der Waals surface area contributed by atoms with Crippen LogP contribution in [-0.4, -0.2) is 12.6 Å². The first-order valence-electron chi connectivity index (χ1n) is 6.56. The minimum absolute atomic E-state index is 0.412. The molecule has 2 rings (SSSR count). The number of halogens is 1. The van der Waals surface area contributed by atoms with Crippen LogP contribution in [0.5, 0.6) is 11.5 Å². The van der Waals surface area contributed by atoms with E-state index >= 15 is 0 Å². The molecular weight excluding hydrogens is 288 g/mol. The van der Waals surface area contributed by atoms with Gasteiger partial charge in [-0.05, 0) is 37.3 Å². The summed E-state index contributed by atoms with van der Waals surface area (Å²) in [6, 6.07) is 14.2. The molecule has 0 aromatic heterocycles. The summed E-state index contributed by atoms with van der Waals surface area (Å²) < 4.78 is 10.6. The van der Waals surface area contributed by atoms with Gasteiger partial charge in [0, 0.05) is 16.7 Å². The van der Waals surface area contributed by atoms with E-state index in [0.29, 0.717) is 17.4 Å². The fourth-order valence-electron chi connectivity index (χ4n) is 1.74. The minimum Gasteiger partial charge on any atom is -0.493 e. The molecule has 21 heavy (non-hydrogen) atoms. The van der Waals surface area contributed by atoms with Crippen LogP contribution in [-0.2, 0) is 4.79 Å². The number of ether oxygens (including phenoxy) is 2. The van der Waals surface area contributed by atoms with Crippen molar-refractivity contribution in [2.75, 3.05) is 6.61 Å². The number of hydrogen-bond acceptors (Lipinski definition) is 3. The topological polar surface area (TPSA) is 35.5 Å². The Morgan fingerprint density at radius 2 is 2.00 bits per heavy atom. The van der Waals surface area contributed by atoms with Gasteiger partial charge in [-0.1, -0.05) is 35.9 Å². The molecular formula is C17H15ClO3. The van der Waals surface area contributed by atoms with Crippen molar-refractivity contribution in [1.82, 2.24) is 0 Å². The summed E-state index contributed by atoms with van der Waals surface area (Å²) in [6.07, 6.45) is 3.02. The first-order chi connectivity index (χ1) is 10.2. The third kappa shape index (κ3) is 4.65. The van der Waals surface area contributed by atoms with Gasteiger partial charge >= 0.3 is 5.97 Å². The molecule has 0 radical (unpaired) electrons. The zero-order valence-electron chi connectivity index (χ0n) is 11.6. The van der Waals surface area contributed by atoms with Crippen molar-refractivity contribution >= 4 is 23.6 Å². The third-order valence-electron chi connectivity index (χ3n) is 2.63. The lowest BCUT2D eigenvalue weighted by molar-refractivity contribution is -0.128. The fourth-order valence-corrected chi connectivity index (χ4v) is 1.92. The van der Waals surface area contributed by atoms with Crippen molar-refractivity contribution in [2.45, 2.75) is 6.92 Å². The van der Waals surface area contributed by atoms with Gasteiger partial charge in [-0.2, -0.15) is 0 Å². The quantitative estimate of drug-likeness (QED) is 0.468. The van der Waals surface area contributed by atoms with Crippen LogP contribution in [0, 0.1) is 0 Å². The number of carbonyl (C=O) groups is 1. The van der Waals surface area contributed by atoms with Gasteiger partial charge in [0.2, 0.25) is 0 Å². The molecule has 4 heteroatoms. The van der Waals surface area contributed by atoms with E-state index in [-0.39, 0.29) is 0 Å². The second-order valence-corrected chi connectivity index (χ2v) is 4.62. The van der Waals surface area contributed by atoms with Crippen LogP contribution in [0.2, 0.25) is 5.02 Å². The largest absolute Gasteiger partial charge is 0.493 e. The Hall–Kier alpha value is -2.26. The summed E-state index contributed by atoms with van der Waals surface area (Å²) >= 11 is 5.83. The molecule has 0 bridgehead atoms. The Morgan fingerprint density at radius 1 is 1.19 bits per heavy atom. The number of carbonyl (C=O) groups excluding carboxylic acids is 1. The smallest absolute Gasteiger partial charge is 0.336 e. The van der Waals surface area contributed by atoms with Crippen molar-refractivity contribution < 1.29 is 14.3 Å². The molecule has 0 N–H and O–H groups in total. The highest BCUT2D eigenvalue weighted by molar-refractivity contribution is 6.30. The second-order valence-electron chi connectivity index (χ2n) is 4.18. The third-order valence-corrected chi connectivity index (χ3v) is 2.87. The van der Waals surface area contributed by atoms with E-state index in [1.54, 1.807) is 30.3 Å². The van der Waals surface area contributed by atoms with E-state index in [9.17, 15) is 4.79 Å². The lowest BCUT2D eigenvalue weighted by Gasteiger charge is -2.06. The molecule has 0 heterocycles. The van der Waals surface area contributed by atoms with Crippen molar-refractivity contribution in [3.05, 3.63) is 65.2 Å². The minimum atomic E-state index is -0.469. The summed E-state index contributed by atoms with van der Waals surface area (Å²) in [5, 5.41) is 0.519. The summed E-state index contributed by atoms with van der Waals surface area (Å²) in [5.74, 6) is 0.672. The first kappa shape index (κ1) is 15.1. The number of rotatable bonds is 5. The Kier molecular flexibility index (Phi) is 5.41. The van der Waals surface area contributed by atoms with E-state index in [0.717, 1.165) is 11.3 Å². The average molecular weight is 303 g/mol. The van der Waals surface area contributed by atoms with E-state index in [1.165, 1.54) is 6.08 Å². The van der Waals surface area contributed by atoms with Crippen molar-refractivity contribution in [3.63, 3.8) is 0 Å². The summed E-state index contributed by atoms with van der Waals surface area (Å²) in [7, 11) is 0. The van der Waals surface area contributed by atoms with E-state index < -0.39 is 5.97 Å².